The molecule has 0 radical (unpaired) electrons. The number of nitrogens with zero attached hydrogens (tertiary/aromatic N) is 2. The number of benzene rings is 1. The maximum absolute atomic E-state index is 13.2. The maximum atomic E-state index is 13.2. The van der Waals surface area contributed by atoms with Crippen molar-refractivity contribution in [1.29, 1.82) is 0 Å². The van der Waals surface area contributed by atoms with Crippen LogP contribution in [0.25, 0.3) is 5.65 Å². The Morgan fingerprint density at radius 1 is 1.22 bits per heavy atom. The molecule has 0 unspecified atom stereocenters. The van der Waals surface area contributed by atoms with Crippen LogP contribution in [0.15, 0.2) is 48.8 Å². The lowest BCUT2D eigenvalue weighted by molar-refractivity contribution is 0.0600. The Hall–Kier alpha value is -3.22. The number of pyridine rings is 1. The third-order valence-electron chi connectivity index (χ3n) is 3.19. The van der Waals surface area contributed by atoms with E-state index < -0.39 is 17.7 Å². The number of ether oxygens (including phenoxy) is 1. The molecule has 7 heteroatoms. The van der Waals surface area contributed by atoms with E-state index in [0.29, 0.717) is 16.9 Å². The van der Waals surface area contributed by atoms with Crippen molar-refractivity contribution in [2.45, 2.75) is 0 Å². The van der Waals surface area contributed by atoms with Crippen LogP contribution in [0.3, 0.4) is 0 Å². The zero-order valence-electron chi connectivity index (χ0n) is 12.1. The van der Waals surface area contributed by atoms with Crippen molar-refractivity contribution in [1.82, 2.24) is 9.38 Å². The lowest BCUT2D eigenvalue weighted by Crippen LogP contribution is -2.13. The minimum absolute atomic E-state index is 0.138. The van der Waals surface area contributed by atoms with E-state index in [2.05, 4.69) is 15.0 Å². The molecule has 1 aromatic carbocycles. The van der Waals surface area contributed by atoms with E-state index >= 15 is 0 Å². The van der Waals surface area contributed by atoms with Gasteiger partial charge < -0.3 is 14.5 Å². The number of hydrogen-bond acceptors (Lipinski definition) is 4. The van der Waals surface area contributed by atoms with Crippen molar-refractivity contribution in [3.8, 4) is 0 Å². The molecule has 2 aromatic heterocycles. The number of esters is 1. The molecule has 0 aliphatic rings. The summed E-state index contributed by atoms with van der Waals surface area (Å²) >= 11 is 0. The van der Waals surface area contributed by atoms with E-state index in [-0.39, 0.29) is 5.69 Å². The number of imidazole rings is 1. The van der Waals surface area contributed by atoms with E-state index in [1.807, 2.05) is 0 Å². The molecule has 0 bridgehead atoms. The fourth-order valence-electron chi connectivity index (χ4n) is 2.11. The summed E-state index contributed by atoms with van der Waals surface area (Å²) in [6, 6.07) is 9.09. The van der Waals surface area contributed by atoms with Crippen LogP contribution >= 0.6 is 0 Å². The number of carbonyl (C=O) groups is 2. The minimum atomic E-state index is -0.496. The Labute approximate surface area is 130 Å². The Kier molecular flexibility index (Phi) is 3.76. The number of nitrogens with one attached hydrogen (secondary N) is 1. The van der Waals surface area contributed by atoms with Crippen LogP contribution in [0, 0.1) is 5.82 Å². The smallest absolute Gasteiger partial charge is 0.337 e. The Bertz CT molecular complexity index is 904. The normalized spacial score (nSPS) is 10.5. The third kappa shape index (κ3) is 3.03. The molecular weight excluding hydrogens is 301 g/mol. The highest BCUT2D eigenvalue weighted by atomic mass is 19.1. The van der Waals surface area contributed by atoms with Gasteiger partial charge in [0.25, 0.3) is 5.91 Å². The van der Waals surface area contributed by atoms with Gasteiger partial charge in [-0.05, 0) is 30.3 Å². The molecule has 3 aromatic rings. The summed E-state index contributed by atoms with van der Waals surface area (Å²) < 4.78 is 19.2. The molecule has 0 aliphatic heterocycles. The molecule has 3 rings (SSSR count). The average molecular weight is 313 g/mol. The molecule has 6 nitrogen and oxygen atoms in total. The summed E-state index contributed by atoms with van der Waals surface area (Å²) in [5.41, 5.74) is 1.35. The molecule has 1 amide bonds. The van der Waals surface area contributed by atoms with Crippen molar-refractivity contribution in [2.75, 3.05) is 12.4 Å². The SMILES string of the molecule is COC(=O)c1cccc(NC(=O)c2cn3cc(F)ccc3n2)c1. The van der Waals surface area contributed by atoms with E-state index in [1.165, 1.54) is 42.1 Å². The van der Waals surface area contributed by atoms with Gasteiger partial charge >= 0.3 is 5.97 Å². The monoisotopic (exact) mass is 313 g/mol. The third-order valence-corrected chi connectivity index (χ3v) is 3.19. The first kappa shape index (κ1) is 14.7. The van der Waals surface area contributed by atoms with Crippen LogP contribution < -0.4 is 5.32 Å². The molecular formula is C16H12FN3O3. The molecule has 2 heterocycles. The molecule has 0 spiro atoms. The standard InChI is InChI=1S/C16H12FN3O3/c1-23-16(22)10-3-2-4-12(7-10)18-15(21)13-9-20-8-11(17)5-6-14(20)19-13/h2-9H,1H3,(H,18,21). The molecule has 0 saturated carbocycles. The number of halogens is 1. The summed E-state index contributed by atoms with van der Waals surface area (Å²) in [4.78, 5) is 27.8. The highest BCUT2D eigenvalue weighted by Gasteiger charge is 2.13. The van der Waals surface area contributed by atoms with Crippen LogP contribution in [0.5, 0.6) is 0 Å². The second-order valence-corrected chi connectivity index (χ2v) is 4.77. The number of aromatic nitrogens is 2. The van der Waals surface area contributed by atoms with Crippen LogP contribution in [0.1, 0.15) is 20.8 Å². The first-order valence-electron chi connectivity index (χ1n) is 6.71. The van der Waals surface area contributed by atoms with Crippen LogP contribution in [-0.4, -0.2) is 28.4 Å². The molecule has 1 N–H and O–H groups in total. The van der Waals surface area contributed by atoms with Gasteiger partial charge in [0.15, 0.2) is 0 Å². The first-order chi connectivity index (χ1) is 11.1. The van der Waals surface area contributed by atoms with Gasteiger partial charge in [0.2, 0.25) is 0 Å². The fourth-order valence-corrected chi connectivity index (χ4v) is 2.11. The largest absolute Gasteiger partial charge is 0.465 e. The van der Waals surface area contributed by atoms with Gasteiger partial charge in [-0.25, -0.2) is 14.2 Å². The molecule has 0 saturated heterocycles. The average Bonchev–Trinajstić information content (AvgIpc) is 2.97. The van der Waals surface area contributed by atoms with Crippen LogP contribution in [-0.2, 0) is 4.74 Å². The quantitative estimate of drug-likeness (QED) is 0.754. The molecule has 116 valence electrons. The van der Waals surface area contributed by atoms with E-state index in [0.717, 1.165) is 0 Å². The summed E-state index contributed by atoms with van der Waals surface area (Å²) in [5.74, 6) is -1.38. The number of carbonyl (C=O) groups excluding carboxylic acids is 2. The summed E-state index contributed by atoms with van der Waals surface area (Å²) in [6.45, 7) is 0. The van der Waals surface area contributed by atoms with Crippen molar-refractivity contribution >= 4 is 23.2 Å². The Balaban J connectivity index is 1.84. The molecule has 0 fully saturated rings. The van der Waals surface area contributed by atoms with E-state index in [9.17, 15) is 14.0 Å². The fraction of sp³-hybridized carbons (Fsp3) is 0.0625. The van der Waals surface area contributed by atoms with Gasteiger partial charge in [0, 0.05) is 18.1 Å². The molecule has 23 heavy (non-hydrogen) atoms. The van der Waals surface area contributed by atoms with Gasteiger partial charge in [0.1, 0.15) is 17.2 Å². The zero-order chi connectivity index (χ0) is 16.4. The van der Waals surface area contributed by atoms with Crippen molar-refractivity contribution in [2.24, 2.45) is 0 Å². The molecule has 0 aliphatic carbocycles. The summed E-state index contributed by atoms with van der Waals surface area (Å²) in [6.07, 6.45) is 2.66. The topological polar surface area (TPSA) is 72.7 Å². The van der Waals surface area contributed by atoms with Crippen molar-refractivity contribution < 1.29 is 18.7 Å². The van der Waals surface area contributed by atoms with Gasteiger partial charge in [-0.2, -0.15) is 0 Å². The highest BCUT2D eigenvalue weighted by Crippen LogP contribution is 2.14. The maximum Gasteiger partial charge on any atom is 0.337 e. The number of fused-ring (bicyclic) bond motifs is 1. The van der Waals surface area contributed by atoms with Crippen molar-refractivity contribution in [3.63, 3.8) is 0 Å². The Morgan fingerprint density at radius 2 is 2.04 bits per heavy atom. The van der Waals surface area contributed by atoms with Crippen LogP contribution in [0.2, 0.25) is 0 Å². The number of methoxy groups -OCH3 is 1. The summed E-state index contributed by atoms with van der Waals surface area (Å²) in [7, 11) is 1.28. The highest BCUT2D eigenvalue weighted by molar-refractivity contribution is 6.03. The second kappa shape index (κ2) is 5.88. The summed E-state index contributed by atoms with van der Waals surface area (Å²) in [5, 5.41) is 2.64. The van der Waals surface area contributed by atoms with Gasteiger partial charge in [-0.1, -0.05) is 6.07 Å². The number of hydrogen-bond donors (Lipinski definition) is 1. The second-order valence-electron chi connectivity index (χ2n) is 4.77. The first-order valence-corrected chi connectivity index (χ1v) is 6.71. The zero-order valence-corrected chi connectivity index (χ0v) is 12.1. The van der Waals surface area contributed by atoms with Crippen molar-refractivity contribution in [3.05, 3.63) is 65.9 Å². The number of anilines is 1. The predicted molar refractivity (Wildman–Crippen MR) is 80.9 cm³/mol. The Morgan fingerprint density at radius 3 is 2.83 bits per heavy atom. The minimum Gasteiger partial charge on any atom is -0.465 e. The number of rotatable bonds is 3. The predicted octanol–water partition coefficient (Wildman–Crippen LogP) is 2.51. The van der Waals surface area contributed by atoms with Gasteiger partial charge in [-0.15, -0.1) is 0 Å². The van der Waals surface area contributed by atoms with E-state index in [1.54, 1.807) is 18.2 Å². The van der Waals surface area contributed by atoms with E-state index in [4.69, 9.17) is 0 Å². The lowest BCUT2D eigenvalue weighted by Gasteiger charge is -2.05. The number of amides is 1. The van der Waals surface area contributed by atoms with Gasteiger partial charge in [0.05, 0.1) is 12.7 Å². The molecule has 0 atom stereocenters. The lowest BCUT2D eigenvalue weighted by atomic mass is 10.2. The van der Waals surface area contributed by atoms with Gasteiger partial charge in [-0.3, -0.25) is 4.79 Å². The van der Waals surface area contributed by atoms with Crippen LogP contribution in [0.4, 0.5) is 10.1 Å².